The minimum Gasteiger partial charge on any atom is -0.481 e. The van der Waals surface area contributed by atoms with Crippen molar-refractivity contribution < 1.29 is 28.4 Å². The van der Waals surface area contributed by atoms with E-state index in [9.17, 15) is 28.5 Å². The molecule has 0 aliphatic rings. The first-order chi connectivity index (χ1) is 9.22. The number of rotatable bonds is 5. The highest BCUT2D eigenvalue weighted by Crippen LogP contribution is 2.25. The van der Waals surface area contributed by atoms with Crippen LogP contribution in [-0.4, -0.2) is 27.9 Å². The minimum atomic E-state index is -1.48. The maximum Gasteiger partial charge on any atom is 0.307 e. The fourth-order valence-corrected chi connectivity index (χ4v) is 1.28. The van der Waals surface area contributed by atoms with Crippen molar-refractivity contribution in [3.05, 3.63) is 33.9 Å². The number of nitro benzene ring substituents is 1. The number of anilines is 1. The van der Waals surface area contributed by atoms with Gasteiger partial charge in [0.05, 0.1) is 23.1 Å². The molecule has 0 aliphatic heterocycles. The second-order valence-electron chi connectivity index (χ2n) is 3.73. The van der Waals surface area contributed by atoms with E-state index in [2.05, 4.69) is 0 Å². The number of carbonyl (C=O) groups is 2. The molecule has 0 aromatic heterocycles. The van der Waals surface area contributed by atoms with Crippen LogP contribution in [0.15, 0.2) is 12.1 Å². The molecule has 20 heavy (non-hydrogen) atoms. The number of halogens is 2. The van der Waals surface area contributed by atoms with E-state index >= 15 is 0 Å². The second kappa shape index (κ2) is 6.02. The largest absolute Gasteiger partial charge is 0.481 e. The third kappa shape index (κ3) is 3.68. The zero-order valence-corrected chi connectivity index (χ0v) is 9.80. The summed E-state index contributed by atoms with van der Waals surface area (Å²) in [6.07, 6.45) is -0.712. The van der Waals surface area contributed by atoms with Crippen LogP contribution >= 0.6 is 0 Å². The average molecular weight is 289 g/mol. The van der Waals surface area contributed by atoms with E-state index in [1.807, 2.05) is 5.32 Å². The first-order valence-electron chi connectivity index (χ1n) is 5.14. The summed E-state index contributed by atoms with van der Waals surface area (Å²) in [6.45, 7) is 0. The van der Waals surface area contributed by atoms with Gasteiger partial charge in [-0.2, -0.15) is 4.39 Å². The van der Waals surface area contributed by atoms with Gasteiger partial charge in [0.25, 0.3) is 0 Å². The molecule has 1 aromatic carbocycles. The molecule has 0 aliphatic carbocycles. The number of nitrogens with zero attached hydrogens (tertiary/aromatic N) is 1. The summed E-state index contributed by atoms with van der Waals surface area (Å²) in [6, 6.07) is -0.761. The lowest BCUT2D eigenvalue weighted by atomic mass is 10.2. The van der Waals surface area contributed by atoms with Crippen LogP contribution in [0.1, 0.15) is 6.42 Å². The summed E-state index contributed by atoms with van der Waals surface area (Å²) in [5, 5.41) is 20.8. The monoisotopic (exact) mass is 289 g/mol. The Kier molecular flexibility index (Phi) is 4.64. The Morgan fingerprint density at radius 2 is 2.00 bits per heavy atom. The van der Waals surface area contributed by atoms with Gasteiger partial charge in [-0.15, -0.1) is 0 Å². The quantitative estimate of drug-likeness (QED) is 0.536. The highest BCUT2D eigenvalue weighted by molar-refractivity contribution is 5.96. The lowest BCUT2D eigenvalue weighted by Crippen LogP contribution is -2.37. The number of benzene rings is 1. The lowest BCUT2D eigenvalue weighted by molar-refractivity contribution is -0.387. The van der Waals surface area contributed by atoms with Gasteiger partial charge in [-0.1, -0.05) is 0 Å². The molecule has 0 saturated carbocycles. The number of nitro groups is 1. The first-order valence-corrected chi connectivity index (χ1v) is 5.14. The van der Waals surface area contributed by atoms with Gasteiger partial charge in [-0.05, 0) is 0 Å². The number of amides is 1. The van der Waals surface area contributed by atoms with E-state index in [1.165, 1.54) is 0 Å². The van der Waals surface area contributed by atoms with E-state index in [0.29, 0.717) is 6.07 Å². The number of carboxylic acid groups (broad SMARTS) is 1. The van der Waals surface area contributed by atoms with Gasteiger partial charge in [0.15, 0.2) is 0 Å². The Morgan fingerprint density at radius 1 is 1.40 bits per heavy atom. The third-order valence-electron chi connectivity index (χ3n) is 2.22. The summed E-state index contributed by atoms with van der Waals surface area (Å²) >= 11 is 0. The molecule has 1 aromatic rings. The van der Waals surface area contributed by atoms with Crippen LogP contribution < -0.4 is 11.1 Å². The number of carboxylic acids is 1. The molecule has 0 bridgehead atoms. The molecule has 1 rings (SSSR count). The maximum atomic E-state index is 13.3. The molecule has 8 nitrogen and oxygen atoms in total. The molecule has 0 saturated heterocycles. The molecule has 10 heteroatoms. The number of aliphatic carboxylic acids is 1. The lowest BCUT2D eigenvalue weighted by Gasteiger charge is -2.10. The van der Waals surface area contributed by atoms with Gasteiger partial charge in [0.2, 0.25) is 11.7 Å². The van der Waals surface area contributed by atoms with Crippen molar-refractivity contribution in [2.45, 2.75) is 12.5 Å². The fourth-order valence-electron chi connectivity index (χ4n) is 1.28. The number of nitrogens with two attached hydrogens (primary N) is 1. The van der Waals surface area contributed by atoms with Gasteiger partial charge in [-0.3, -0.25) is 19.7 Å². The molecule has 1 unspecified atom stereocenters. The second-order valence-corrected chi connectivity index (χ2v) is 3.73. The van der Waals surface area contributed by atoms with Crippen molar-refractivity contribution in [1.29, 1.82) is 0 Å². The number of hydrogen-bond donors (Lipinski definition) is 3. The van der Waals surface area contributed by atoms with Crippen molar-refractivity contribution in [1.82, 2.24) is 0 Å². The van der Waals surface area contributed by atoms with E-state index in [-0.39, 0.29) is 6.07 Å². The van der Waals surface area contributed by atoms with Crippen molar-refractivity contribution in [2.24, 2.45) is 5.73 Å². The number of carbonyl (C=O) groups excluding carboxylic acids is 1. The predicted molar refractivity (Wildman–Crippen MR) is 61.9 cm³/mol. The van der Waals surface area contributed by atoms with Gasteiger partial charge in [0, 0.05) is 12.1 Å². The summed E-state index contributed by atoms with van der Waals surface area (Å²) in [7, 11) is 0. The molecule has 0 fully saturated rings. The molecule has 0 spiro atoms. The topological polar surface area (TPSA) is 136 Å². The van der Waals surface area contributed by atoms with E-state index in [1.54, 1.807) is 0 Å². The third-order valence-corrected chi connectivity index (χ3v) is 2.22. The summed E-state index contributed by atoms with van der Waals surface area (Å²) in [5.74, 6) is -5.06. The molecule has 0 radical (unpaired) electrons. The van der Waals surface area contributed by atoms with Gasteiger partial charge in [-0.25, -0.2) is 4.39 Å². The predicted octanol–water partition coefficient (Wildman–Crippen LogP) is 0.613. The molecular formula is C10H9F2N3O5. The Morgan fingerprint density at radius 3 is 2.50 bits per heavy atom. The average Bonchev–Trinajstić information content (AvgIpc) is 2.30. The van der Waals surface area contributed by atoms with Crippen LogP contribution in [0.4, 0.5) is 20.2 Å². The Labute approximate surface area is 110 Å². The molecule has 1 amide bonds. The summed E-state index contributed by atoms with van der Waals surface area (Å²) < 4.78 is 26.4. The summed E-state index contributed by atoms with van der Waals surface area (Å²) in [5.41, 5.74) is 3.52. The number of hydrogen-bond acceptors (Lipinski definition) is 5. The summed E-state index contributed by atoms with van der Waals surface area (Å²) in [4.78, 5) is 31.2. The first kappa shape index (κ1) is 15.4. The number of nitrogens with one attached hydrogen (secondary N) is 1. The Balaban J connectivity index is 2.97. The Hall–Kier alpha value is -2.62. The zero-order chi connectivity index (χ0) is 15.4. The molecular weight excluding hydrogens is 280 g/mol. The highest BCUT2D eigenvalue weighted by Gasteiger charge is 2.22. The van der Waals surface area contributed by atoms with Gasteiger partial charge < -0.3 is 16.2 Å². The van der Waals surface area contributed by atoms with Crippen LogP contribution in [0, 0.1) is 21.7 Å². The SMILES string of the molecule is NC(CC(=O)O)C(=O)Nc1cc([N+](=O)[O-])c(F)cc1F. The zero-order valence-electron chi connectivity index (χ0n) is 9.80. The van der Waals surface area contributed by atoms with Crippen molar-refractivity contribution in [3.63, 3.8) is 0 Å². The molecule has 1 atom stereocenters. The fraction of sp³-hybridized carbons (Fsp3) is 0.200. The van der Waals surface area contributed by atoms with Crippen molar-refractivity contribution >= 4 is 23.3 Å². The normalized spacial score (nSPS) is 11.8. The molecule has 4 N–H and O–H groups in total. The van der Waals surface area contributed by atoms with Crippen LogP contribution in [0.5, 0.6) is 0 Å². The van der Waals surface area contributed by atoms with Crippen LogP contribution in [0.3, 0.4) is 0 Å². The van der Waals surface area contributed by atoms with Crippen LogP contribution in [0.2, 0.25) is 0 Å². The van der Waals surface area contributed by atoms with Crippen LogP contribution in [-0.2, 0) is 9.59 Å². The maximum absolute atomic E-state index is 13.3. The molecule has 0 heterocycles. The van der Waals surface area contributed by atoms with Crippen molar-refractivity contribution in [2.75, 3.05) is 5.32 Å². The van der Waals surface area contributed by atoms with Gasteiger partial charge >= 0.3 is 11.7 Å². The highest BCUT2D eigenvalue weighted by atomic mass is 19.1. The standard InChI is InChI=1S/C10H9F2N3O5/c11-4-1-5(12)8(15(19)20)3-7(4)14-10(18)6(13)2-9(16)17/h1,3,6H,2,13H2,(H,14,18)(H,16,17). The van der Waals surface area contributed by atoms with E-state index in [0.717, 1.165) is 0 Å². The van der Waals surface area contributed by atoms with E-state index < -0.39 is 52.3 Å². The minimum absolute atomic E-state index is 0.233. The van der Waals surface area contributed by atoms with Gasteiger partial charge in [0.1, 0.15) is 5.82 Å². The molecule has 108 valence electrons. The van der Waals surface area contributed by atoms with Crippen LogP contribution in [0.25, 0.3) is 0 Å². The van der Waals surface area contributed by atoms with Crippen molar-refractivity contribution in [3.8, 4) is 0 Å². The van der Waals surface area contributed by atoms with E-state index in [4.69, 9.17) is 10.8 Å². The Bertz CT molecular complexity index is 578. The smallest absolute Gasteiger partial charge is 0.307 e.